The largest absolute Gasteiger partial charge is 0.486 e. The maximum Gasteiger partial charge on any atom is 0.336 e. The number of fused-ring (bicyclic) bond motifs is 2. The number of hydrogen-bond acceptors (Lipinski definition) is 7. The third-order valence-corrected chi connectivity index (χ3v) is 6.56. The molecule has 1 fully saturated rings. The minimum Gasteiger partial charge on any atom is -0.486 e. The summed E-state index contributed by atoms with van der Waals surface area (Å²) in [6, 6.07) is 11.4. The van der Waals surface area contributed by atoms with Crippen LogP contribution in [0.4, 0.5) is 0 Å². The highest BCUT2D eigenvalue weighted by molar-refractivity contribution is 5.79. The number of ether oxygens (including phenoxy) is 2. The summed E-state index contributed by atoms with van der Waals surface area (Å²) in [7, 11) is 0. The molecule has 1 aromatic carbocycles. The minimum absolute atomic E-state index is 0.345. The molecule has 1 aliphatic heterocycles. The fourth-order valence-electron chi connectivity index (χ4n) is 4.66. The van der Waals surface area contributed by atoms with E-state index in [0.29, 0.717) is 50.0 Å². The Balaban J connectivity index is 1.14. The molecule has 5 rings (SSSR count). The molecular weight excluding hydrogens is 408 g/mol. The fourth-order valence-corrected chi connectivity index (χ4v) is 4.66. The normalized spacial score (nSPS) is 22.7. The Morgan fingerprint density at radius 2 is 1.91 bits per heavy atom. The Morgan fingerprint density at radius 3 is 2.75 bits per heavy atom. The van der Waals surface area contributed by atoms with Crippen LogP contribution in [0.1, 0.15) is 43.4 Å². The number of hydrogen-bond donors (Lipinski definition) is 2. The van der Waals surface area contributed by atoms with E-state index in [2.05, 4.69) is 10.3 Å². The number of aromatic nitrogens is 1. The van der Waals surface area contributed by atoms with E-state index in [9.17, 15) is 9.90 Å². The van der Waals surface area contributed by atoms with Crippen LogP contribution in [-0.2, 0) is 13.0 Å². The summed E-state index contributed by atoms with van der Waals surface area (Å²) < 4.78 is 16.6. The Hall–Kier alpha value is -2.90. The molecule has 32 heavy (non-hydrogen) atoms. The van der Waals surface area contributed by atoms with Gasteiger partial charge in [-0.15, -0.1) is 0 Å². The lowest BCUT2D eigenvalue weighted by Gasteiger charge is -2.36. The van der Waals surface area contributed by atoms with Crippen LogP contribution in [-0.4, -0.2) is 34.9 Å². The number of rotatable bonds is 6. The van der Waals surface area contributed by atoms with Crippen molar-refractivity contribution in [3.63, 3.8) is 0 Å². The highest BCUT2D eigenvalue weighted by Gasteiger charge is 2.33. The summed E-state index contributed by atoms with van der Waals surface area (Å²) >= 11 is 0. The smallest absolute Gasteiger partial charge is 0.336 e. The highest BCUT2D eigenvalue weighted by atomic mass is 16.6. The molecule has 7 nitrogen and oxygen atoms in total. The summed E-state index contributed by atoms with van der Waals surface area (Å²) in [5, 5.41) is 15.6. The van der Waals surface area contributed by atoms with Gasteiger partial charge in [0.2, 0.25) is 0 Å². The molecule has 0 radical (unpaired) electrons. The monoisotopic (exact) mass is 436 g/mol. The zero-order chi connectivity index (χ0) is 22.0. The van der Waals surface area contributed by atoms with E-state index in [0.717, 1.165) is 48.1 Å². The van der Waals surface area contributed by atoms with Crippen molar-refractivity contribution in [2.45, 2.75) is 56.7 Å². The fraction of sp³-hybridized carbons (Fsp3) is 0.440. The molecule has 2 aromatic heterocycles. The molecule has 3 aromatic rings. The van der Waals surface area contributed by atoms with Crippen molar-refractivity contribution in [1.82, 2.24) is 10.3 Å². The molecule has 168 valence electrons. The standard InChI is InChI=1S/C25H28N2O5/c28-23-5-4-17-2-1-3-18(24(17)32-23)6-9-25(29)10-7-19(8-11-25)26-15-20-14-21-22(16-27-20)31-13-12-30-21/h1-5,14,16,19,26,29H,6-13,15H2. The van der Waals surface area contributed by atoms with Crippen LogP contribution in [0.15, 0.2) is 51.8 Å². The second kappa shape index (κ2) is 8.92. The minimum atomic E-state index is -0.690. The van der Waals surface area contributed by atoms with Crippen molar-refractivity contribution in [3.05, 3.63) is 64.3 Å². The molecule has 1 aliphatic carbocycles. The van der Waals surface area contributed by atoms with Crippen molar-refractivity contribution < 1.29 is 19.0 Å². The van der Waals surface area contributed by atoms with Crippen LogP contribution in [0.25, 0.3) is 11.0 Å². The van der Waals surface area contributed by atoms with E-state index in [1.165, 1.54) is 6.07 Å². The number of nitrogens with one attached hydrogen (secondary N) is 1. The van der Waals surface area contributed by atoms with Gasteiger partial charge in [0.25, 0.3) is 0 Å². The van der Waals surface area contributed by atoms with Crippen LogP contribution < -0.4 is 20.4 Å². The topological polar surface area (TPSA) is 93.8 Å². The van der Waals surface area contributed by atoms with Crippen LogP contribution in [0.5, 0.6) is 11.5 Å². The summed E-state index contributed by atoms with van der Waals surface area (Å²) in [4.78, 5) is 16.1. The van der Waals surface area contributed by atoms with Gasteiger partial charge in [-0.1, -0.05) is 18.2 Å². The van der Waals surface area contributed by atoms with Gasteiger partial charge in [-0.05, 0) is 50.2 Å². The first kappa shape index (κ1) is 21.0. The van der Waals surface area contributed by atoms with Gasteiger partial charge < -0.3 is 24.3 Å². The molecule has 0 unspecified atom stereocenters. The predicted molar refractivity (Wildman–Crippen MR) is 120 cm³/mol. The summed E-state index contributed by atoms with van der Waals surface area (Å²) in [6.45, 7) is 1.79. The third-order valence-electron chi connectivity index (χ3n) is 6.56. The summed E-state index contributed by atoms with van der Waals surface area (Å²) in [5.74, 6) is 1.46. The van der Waals surface area contributed by atoms with E-state index in [4.69, 9.17) is 13.9 Å². The Morgan fingerprint density at radius 1 is 1.09 bits per heavy atom. The molecule has 0 amide bonds. The van der Waals surface area contributed by atoms with Gasteiger partial charge in [0.05, 0.1) is 17.5 Å². The predicted octanol–water partition coefficient (Wildman–Crippen LogP) is 3.36. The van der Waals surface area contributed by atoms with E-state index < -0.39 is 5.60 Å². The van der Waals surface area contributed by atoms with Crippen molar-refractivity contribution in [3.8, 4) is 11.5 Å². The second-order valence-electron chi connectivity index (χ2n) is 8.79. The maximum atomic E-state index is 11.6. The van der Waals surface area contributed by atoms with Crippen LogP contribution >= 0.6 is 0 Å². The summed E-state index contributed by atoms with van der Waals surface area (Å²) in [5.41, 5.74) is 1.49. The number of benzene rings is 1. The second-order valence-corrected chi connectivity index (χ2v) is 8.79. The average Bonchev–Trinajstić information content (AvgIpc) is 2.82. The quantitative estimate of drug-likeness (QED) is 0.572. The number of pyridine rings is 1. The molecule has 2 aliphatic rings. The molecule has 0 atom stereocenters. The summed E-state index contributed by atoms with van der Waals surface area (Å²) in [6.07, 6.45) is 6.36. The van der Waals surface area contributed by atoms with Crippen molar-refractivity contribution in [2.75, 3.05) is 13.2 Å². The Kier molecular flexibility index (Phi) is 5.85. The van der Waals surface area contributed by atoms with Gasteiger partial charge in [0.1, 0.15) is 18.8 Å². The number of aryl methyl sites for hydroxylation is 1. The first-order chi connectivity index (χ1) is 15.6. The Labute approximate surface area is 186 Å². The molecule has 2 N–H and O–H groups in total. The number of nitrogens with zero attached hydrogens (tertiary/aromatic N) is 1. The SMILES string of the molecule is O=c1ccc2cccc(CCC3(O)CCC(NCc4cc5c(cn4)OCCO5)CC3)c2o1. The van der Waals surface area contributed by atoms with E-state index in [1.807, 2.05) is 24.3 Å². The maximum absolute atomic E-state index is 11.6. The van der Waals surface area contributed by atoms with Crippen LogP contribution in [0.3, 0.4) is 0 Å². The zero-order valence-corrected chi connectivity index (χ0v) is 18.0. The molecular formula is C25H28N2O5. The highest BCUT2D eigenvalue weighted by Crippen LogP contribution is 2.34. The lowest BCUT2D eigenvalue weighted by Crippen LogP contribution is -2.41. The van der Waals surface area contributed by atoms with E-state index >= 15 is 0 Å². The van der Waals surface area contributed by atoms with Gasteiger partial charge in [0, 0.05) is 30.1 Å². The van der Waals surface area contributed by atoms with Crippen LogP contribution in [0.2, 0.25) is 0 Å². The van der Waals surface area contributed by atoms with Gasteiger partial charge in [-0.2, -0.15) is 0 Å². The van der Waals surface area contributed by atoms with Gasteiger partial charge in [-0.3, -0.25) is 4.98 Å². The zero-order valence-electron chi connectivity index (χ0n) is 18.0. The van der Waals surface area contributed by atoms with Gasteiger partial charge in [-0.25, -0.2) is 4.79 Å². The molecule has 1 saturated carbocycles. The molecule has 0 saturated heterocycles. The van der Waals surface area contributed by atoms with Crippen molar-refractivity contribution >= 4 is 11.0 Å². The lowest BCUT2D eigenvalue weighted by atomic mass is 9.78. The lowest BCUT2D eigenvalue weighted by molar-refractivity contribution is -0.0108. The average molecular weight is 437 g/mol. The molecule has 3 heterocycles. The van der Waals surface area contributed by atoms with Gasteiger partial charge >= 0.3 is 5.63 Å². The number of para-hydroxylation sites is 1. The molecule has 7 heteroatoms. The third kappa shape index (κ3) is 4.64. The molecule has 0 bridgehead atoms. The number of aliphatic hydroxyl groups is 1. The van der Waals surface area contributed by atoms with Crippen molar-refractivity contribution in [1.29, 1.82) is 0 Å². The van der Waals surface area contributed by atoms with Crippen molar-refractivity contribution in [2.24, 2.45) is 0 Å². The van der Waals surface area contributed by atoms with E-state index in [1.54, 1.807) is 12.3 Å². The van der Waals surface area contributed by atoms with Crippen LogP contribution in [0, 0.1) is 0 Å². The Bertz CT molecular complexity index is 1150. The first-order valence-electron chi connectivity index (χ1n) is 11.3. The first-order valence-corrected chi connectivity index (χ1v) is 11.3. The molecule has 0 spiro atoms. The van der Waals surface area contributed by atoms with Gasteiger partial charge in [0.15, 0.2) is 11.5 Å². The van der Waals surface area contributed by atoms with E-state index in [-0.39, 0.29) is 5.63 Å².